The van der Waals surface area contributed by atoms with Crippen LogP contribution in [0.5, 0.6) is 0 Å². The summed E-state index contributed by atoms with van der Waals surface area (Å²) in [6.45, 7) is 5.33. The van der Waals surface area contributed by atoms with Crippen molar-refractivity contribution in [2.24, 2.45) is 0 Å². The van der Waals surface area contributed by atoms with E-state index in [0.29, 0.717) is 16.3 Å². The van der Waals surface area contributed by atoms with Crippen LogP contribution in [0.2, 0.25) is 5.02 Å². The number of imide groups is 1. The largest absolute Gasteiger partial charge is 0.323 e. The van der Waals surface area contributed by atoms with Crippen molar-refractivity contribution in [2.75, 3.05) is 5.32 Å². The third-order valence-corrected chi connectivity index (χ3v) is 7.88. The summed E-state index contributed by atoms with van der Waals surface area (Å²) < 4.78 is 0. The van der Waals surface area contributed by atoms with Gasteiger partial charge in [0.05, 0.1) is 11.1 Å². The van der Waals surface area contributed by atoms with Gasteiger partial charge in [-0.25, -0.2) is 0 Å². The van der Waals surface area contributed by atoms with E-state index in [1.165, 1.54) is 11.8 Å². The van der Waals surface area contributed by atoms with E-state index in [1.54, 1.807) is 48.5 Å². The second-order valence-corrected chi connectivity index (χ2v) is 10.7. The molecule has 0 saturated heterocycles. The molecule has 4 amide bonds. The maximum absolute atomic E-state index is 14.5. The number of carbonyl (C=O) groups excluding carboxylic acids is 4. The first kappa shape index (κ1) is 28.8. The first-order valence-corrected chi connectivity index (χ1v) is 14.0. The standard InChI is InChI=1S/C34H30ClN3O4/c1-21-12-11-13-22(2)29(21)36-31(39)30(27-18-9-10-19-28(27)35)37(20-24-14-5-4-6-15-24)32(40)23(3)38-33(41)25-16-7-8-17-26(25)34(38)42/h4-19,23,30H,20H2,1-3H3,(H,36,39)/t23-,30+/m1/s1. The predicted molar refractivity (Wildman–Crippen MR) is 162 cm³/mol. The van der Waals surface area contributed by atoms with Gasteiger partial charge in [0.2, 0.25) is 5.91 Å². The zero-order valence-corrected chi connectivity index (χ0v) is 24.3. The van der Waals surface area contributed by atoms with Crippen LogP contribution >= 0.6 is 11.6 Å². The molecule has 1 aliphatic rings. The highest BCUT2D eigenvalue weighted by atomic mass is 35.5. The van der Waals surface area contributed by atoms with Gasteiger partial charge in [0.25, 0.3) is 17.7 Å². The number of halogens is 1. The minimum atomic E-state index is -1.20. The van der Waals surface area contributed by atoms with Crippen LogP contribution in [0.3, 0.4) is 0 Å². The summed E-state index contributed by atoms with van der Waals surface area (Å²) in [5.74, 6) is -2.15. The summed E-state index contributed by atoms with van der Waals surface area (Å²) in [5.41, 5.74) is 4.03. The van der Waals surface area contributed by atoms with Gasteiger partial charge >= 0.3 is 0 Å². The highest BCUT2D eigenvalue weighted by Gasteiger charge is 2.44. The molecule has 0 aliphatic carbocycles. The molecule has 0 saturated carbocycles. The molecule has 5 rings (SSSR count). The molecule has 2 atom stereocenters. The molecule has 0 radical (unpaired) electrons. The summed E-state index contributed by atoms with van der Waals surface area (Å²) in [6.07, 6.45) is 0. The molecule has 0 fully saturated rings. The maximum atomic E-state index is 14.5. The average molecular weight is 580 g/mol. The Bertz CT molecular complexity index is 1630. The Morgan fingerprint density at radius 3 is 1.93 bits per heavy atom. The average Bonchev–Trinajstić information content (AvgIpc) is 3.24. The fraction of sp³-hybridized carbons (Fsp3) is 0.176. The van der Waals surface area contributed by atoms with Crippen LogP contribution in [0.15, 0.2) is 97.1 Å². The van der Waals surface area contributed by atoms with Gasteiger partial charge < -0.3 is 10.2 Å². The highest BCUT2D eigenvalue weighted by molar-refractivity contribution is 6.31. The van der Waals surface area contributed by atoms with E-state index < -0.39 is 35.7 Å². The normalized spacial score (nSPS) is 13.9. The minimum Gasteiger partial charge on any atom is -0.323 e. The van der Waals surface area contributed by atoms with E-state index in [4.69, 9.17) is 11.6 Å². The van der Waals surface area contributed by atoms with Gasteiger partial charge in [-0.05, 0) is 55.7 Å². The number of hydrogen-bond donors (Lipinski definition) is 1. The van der Waals surface area contributed by atoms with Crippen molar-refractivity contribution in [3.05, 3.63) is 135 Å². The predicted octanol–water partition coefficient (Wildman–Crippen LogP) is 6.35. The summed E-state index contributed by atoms with van der Waals surface area (Å²) in [6, 6.07) is 25.9. The van der Waals surface area contributed by atoms with Crippen LogP contribution in [0, 0.1) is 13.8 Å². The van der Waals surface area contributed by atoms with Gasteiger partial charge in [-0.1, -0.05) is 90.5 Å². The lowest BCUT2D eigenvalue weighted by molar-refractivity contribution is -0.142. The molecule has 0 aromatic heterocycles. The Kier molecular flexibility index (Phi) is 8.22. The molecule has 42 heavy (non-hydrogen) atoms. The number of anilines is 1. The summed E-state index contributed by atoms with van der Waals surface area (Å²) in [7, 11) is 0. The lowest BCUT2D eigenvalue weighted by atomic mass is 10.0. The first-order chi connectivity index (χ1) is 20.2. The van der Waals surface area contributed by atoms with Crippen molar-refractivity contribution in [1.82, 2.24) is 9.80 Å². The third kappa shape index (κ3) is 5.43. The molecule has 0 bridgehead atoms. The van der Waals surface area contributed by atoms with Gasteiger partial charge in [0.1, 0.15) is 12.1 Å². The van der Waals surface area contributed by atoms with Crippen molar-refractivity contribution >= 4 is 40.9 Å². The van der Waals surface area contributed by atoms with Crippen LogP contribution in [-0.4, -0.2) is 39.5 Å². The highest BCUT2D eigenvalue weighted by Crippen LogP contribution is 2.33. The molecule has 1 N–H and O–H groups in total. The Balaban J connectivity index is 1.60. The van der Waals surface area contributed by atoms with Crippen LogP contribution in [-0.2, 0) is 16.1 Å². The van der Waals surface area contributed by atoms with Crippen LogP contribution in [0.4, 0.5) is 5.69 Å². The molecule has 7 nitrogen and oxygen atoms in total. The van der Waals surface area contributed by atoms with Gasteiger partial charge in [-0.15, -0.1) is 0 Å². The number of para-hydroxylation sites is 1. The lowest BCUT2D eigenvalue weighted by Gasteiger charge is -2.35. The summed E-state index contributed by atoms with van der Waals surface area (Å²) in [4.78, 5) is 57.7. The minimum absolute atomic E-state index is 0.0310. The maximum Gasteiger partial charge on any atom is 0.262 e. The lowest BCUT2D eigenvalue weighted by Crippen LogP contribution is -2.52. The Morgan fingerprint density at radius 1 is 0.786 bits per heavy atom. The van der Waals surface area contributed by atoms with E-state index in [0.717, 1.165) is 21.6 Å². The fourth-order valence-corrected chi connectivity index (χ4v) is 5.58. The molecule has 212 valence electrons. The zero-order chi connectivity index (χ0) is 30.0. The summed E-state index contributed by atoms with van der Waals surface area (Å²) in [5, 5.41) is 3.33. The van der Waals surface area contributed by atoms with Gasteiger partial charge in [0, 0.05) is 22.8 Å². The topological polar surface area (TPSA) is 86.8 Å². The van der Waals surface area contributed by atoms with Crippen molar-refractivity contribution < 1.29 is 19.2 Å². The van der Waals surface area contributed by atoms with Crippen LogP contribution in [0.25, 0.3) is 0 Å². The number of amides is 4. The number of benzene rings is 4. The van der Waals surface area contributed by atoms with Crippen molar-refractivity contribution in [2.45, 2.75) is 39.4 Å². The van der Waals surface area contributed by atoms with E-state index in [9.17, 15) is 19.2 Å². The molecule has 8 heteroatoms. The molecule has 0 unspecified atom stereocenters. The zero-order valence-electron chi connectivity index (χ0n) is 23.5. The Hall–Kier alpha value is -4.75. The quantitative estimate of drug-likeness (QED) is 0.246. The van der Waals surface area contributed by atoms with Crippen molar-refractivity contribution in [3.8, 4) is 0 Å². The van der Waals surface area contributed by atoms with E-state index in [2.05, 4.69) is 5.32 Å². The molecule has 4 aromatic carbocycles. The van der Waals surface area contributed by atoms with Crippen molar-refractivity contribution in [1.29, 1.82) is 0 Å². The first-order valence-electron chi connectivity index (χ1n) is 13.6. The van der Waals surface area contributed by atoms with Crippen LogP contribution < -0.4 is 5.32 Å². The van der Waals surface area contributed by atoms with E-state index in [-0.39, 0.29) is 17.7 Å². The Labute approximate surface area is 249 Å². The number of fused-ring (bicyclic) bond motifs is 1. The van der Waals surface area contributed by atoms with Gasteiger partial charge in [-0.2, -0.15) is 0 Å². The SMILES string of the molecule is Cc1cccc(C)c1NC(=O)[C@H](c1ccccc1Cl)N(Cc1ccccc1)C(=O)[C@@H](C)N1C(=O)c2ccccc2C1=O. The molecular formula is C34H30ClN3O4. The number of aryl methyl sites for hydroxylation is 2. The van der Waals surface area contributed by atoms with Gasteiger partial charge in [-0.3, -0.25) is 24.1 Å². The Morgan fingerprint density at radius 2 is 1.33 bits per heavy atom. The number of hydrogen-bond acceptors (Lipinski definition) is 4. The molecule has 4 aromatic rings. The monoisotopic (exact) mass is 579 g/mol. The number of carbonyl (C=O) groups is 4. The van der Waals surface area contributed by atoms with Crippen LogP contribution in [0.1, 0.15) is 55.9 Å². The number of rotatable bonds is 8. The fourth-order valence-electron chi connectivity index (χ4n) is 5.34. The smallest absolute Gasteiger partial charge is 0.262 e. The molecular weight excluding hydrogens is 550 g/mol. The molecule has 1 aliphatic heterocycles. The third-order valence-electron chi connectivity index (χ3n) is 7.54. The second kappa shape index (κ2) is 12.0. The molecule has 0 spiro atoms. The summed E-state index contributed by atoms with van der Waals surface area (Å²) >= 11 is 6.66. The van der Waals surface area contributed by atoms with E-state index in [1.807, 2.05) is 62.4 Å². The van der Waals surface area contributed by atoms with Crippen molar-refractivity contribution in [3.63, 3.8) is 0 Å². The number of nitrogens with one attached hydrogen (secondary N) is 1. The molecule has 1 heterocycles. The van der Waals surface area contributed by atoms with Gasteiger partial charge in [0.15, 0.2) is 0 Å². The van der Waals surface area contributed by atoms with E-state index >= 15 is 0 Å². The second-order valence-electron chi connectivity index (χ2n) is 10.3. The number of nitrogens with zero attached hydrogens (tertiary/aromatic N) is 2.